The lowest BCUT2D eigenvalue weighted by Crippen LogP contribution is -2.45. The molecule has 0 spiro atoms. The van der Waals surface area contributed by atoms with Crippen LogP contribution in [-0.2, 0) is 11.3 Å². The Morgan fingerprint density at radius 1 is 1.53 bits per heavy atom. The SMILES string of the molecule is Cc1cscc1CNC(=O)N1C[C@@H](O)C[C@H]1C(=O)O. The molecule has 0 aromatic carbocycles. The summed E-state index contributed by atoms with van der Waals surface area (Å²) in [6, 6.07) is -1.40. The van der Waals surface area contributed by atoms with Crippen LogP contribution in [0.25, 0.3) is 0 Å². The zero-order valence-electron chi connectivity index (χ0n) is 10.5. The number of nitrogens with zero attached hydrogens (tertiary/aromatic N) is 1. The Bertz CT molecular complexity index is 488. The Morgan fingerprint density at radius 2 is 2.26 bits per heavy atom. The molecule has 104 valence electrons. The number of likely N-dealkylation sites (tertiary alicyclic amines) is 1. The topological polar surface area (TPSA) is 89.9 Å². The van der Waals surface area contributed by atoms with E-state index in [9.17, 15) is 14.7 Å². The van der Waals surface area contributed by atoms with Gasteiger partial charge in [0.15, 0.2) is 0 Å². The summed E-state index contributed by atoms with van der Waals surface area (Å²) >= 11 is 1.56. The number of nitrogens with one attached hydrogen (secondary N) is 1. The minimum absolute atomic E-state index is 0.0609. The molecular formula is C12H16N2O4S. The number of rotatable bonds is 3. The molecular weight excluding hydrogens is 268 g/mol. The van der Waals surface area contributed by atoms with Gasteiger partial charge in [0, 0.05) is 19.5 Å². The summed E-state index contributed by atoms with van der Waals surface area (Å²) in [5.74, 6) is -1.08. The van der Waals surface area contributed by atoms with Gasteiger partial charge in [0.1, 0.15) is 6.04 Å². The van der Waals surface area contributed by atoms with E-state index < -0.39 is 24.1 Å². The summed E-state index contributed by atoms with van der Waals surface area (Å²) in [6.07, 6.45) is -0.685. The van der Waals surface area contributed by atoms with E-state index in [1.165, 1.54) is 4.90 Å². The normalized spacial score (nSPS) is 22.5. The lowest BCUT2D eigenvalue weighted by atomic mass is 10.2. The maximum Gasteiger partial charge on any atom is 0.326 e. The van der Waals surface area contributed by atoms with Crippen molar-refractivity contribution in [3.05, 3.63) is 21.9 Å². The molecule has 0 saturated carbocycles. The van der Waals surface area contributed by atoms with Crippen molar-refractivity contribution in [1.82, 2.24) is 10.2 Å². The van der Waals surface area contributed by atoms with Crippen LogP contribution in [-0.4, -0.2) is 45.8 Å². The predicted octanol–water partition coefficient (Wildman–Crippen LogP) is 0.786. The first kappa shape index (κ1) is 13.8. The minimum Gasteiger partial charge on any atom is -0.480 e. The number of carbonyl (C=O) groups is 2. The molecule has 2 amide bonds. The highest BCUT2D eigenvalue weighted by atomic mass is 32.1. The Balaban J connectivity index is 1.96. The molecule has 0 unspecified atom stereocenters. The predicted molar refractivity (Wildman–Crippen MR) is 70.0 cm³/mol. The number of aliphatic carboxylic acids is 1. The number of carboxylic acid groups (broad SMARTS) is 1. The van der Waals surface area contributed by atoms with Gasteiger partial charge in [-0.1, -0.05) is 0 Å². The first-order valence-electron chi connectivity index (χ1n) is 5.96. The standard InChI is InChI=1S/C12H16N2O4S/c1-7-5-19-6-8(7)3-13-12(18)14-4-9(15)2-10(14)11(16)17/h5-6,9-10,15H,2-4H2,1H3,(H,13,18)(H,16,17)/t9-,10-/m0/s1. The smallest absolute Gasteiger partial charge is 0.326 e. The number of aliphatic hydroxyl groups is 1. The summed E-state index contributed by atoms with van der Waals surface area (Å²) in [7, 11) is 0. The van der Waals surface area contributed by atoms with Crippen molar-refractivity contribution in [1.29, 1.82) is 0 Å². The number of aliphatic hydroxyl groups excluding tert-OH is 1. The van der Waals surface area contributed by atoms with Crippen molar-refractivity contribution >= 4 is 23.3 Å². The van der Waals surface area contributed by atoms with Crippen LogP contribution < -0.4 is 5.32 Å². The third kappa shape index (κ3) is 3.05. The van der Waals surface area contributed by atoms with E-state index in [2.05, 4.69) is 5.32 Å². The van der Waals surface area contributed by atoms with E-state index in [1.54, 1.807) is 11.3 Å². The second-order valence-electron chi connectivity index (χ2n) is 4.63. The summed E-state index contributed by atoms with van der Waals surface area (Å²) in [4.78, 5) is 24.1. The van der Waals surface area contributed by atoms with Gasteiger partial charge in [0.25, 0.3) is 0 Å². The lowest BCUT2D eigenvalue weighted by Gasteiger charge is -2.21. The number of thiophene rings is 1. The molecule has 2 rings (SSSR count). The number of urea groups is 1. The van der Waals surface area contributed by atoms with E-state index >= 15 is 0 Å². The van der Waals surface area contributed by atoms with Crippen LogP contribution in [0.15, 0.2) is 10.8 Å². The van der Waals surface area contributed by atoms with Crippen molar-refractivity contribution < 1.29 is 19.8 Å². The van der Waals surface area contributed by atoms with E-state index in [-0.39, 0.29) is 13.0 Å². The largest absolute Gasteiger partial charge is 0.480 e. The van der Waals surface area contributed by atoms with Gasteiger partial charge in [-0.05, 0) is 28.8 Å². The van der Waals surface area contributed by atoms with Crippen LogP contribution in [0.4, 0.5) is 4.79 Å². The third-order valence-electron chi connectivity index (χ3n) is 3.22. The average Bonchev–Trinajstić information content (AvgIpc) is 2.92. The van der Waals surface area contributed by atoms with E-state index in [4.69, 9.17) is 5.11 Å². The molecule has 2 atom stereocenters. The van der Waals surface area contributed by atoms with Crippen LogP contribution in [0.2, 0.25) is 0 Å². The fourth-order valence-corrected chi connectivity index (χ4v) is 2.97. The zero-order chi connectivity index (χ0) is 14.0. The van der Waals surface area contributed by atoms with Crippen LogP contribution in [0.5, 0.6) is 0 Å². The van der Waals surface area contributed by atoms with Crippen LogP contribution in [0.1, 0.15) is 17.5 Å². The zero-order valence-corrected chi connectivity index (χ0v) is 11.3. The molecule has 1 fully saturated rings. The number of carboxylic acids is 1. The van der Waals surface area contributed by atoms with Crippen molar-refractivity contribution in [3.63, 3.8) is 0 Å². The maximum atomic E-state index is 12.0. The first-order chi connectivity index (χ1) is 8.99. The fourth-order valence-electron chi connectivity index (χ4n) is 2.11. The molecule has 19 heavy (non-hydrogen) atoms. The number of aryl methyl sites for hydroxylation is 1. The molecule has 1 aliphatic rings. The Kier molecular flexibility index (Phi) is 4.06. The molecule has 1 saturated heterocycles. The molecule has 0 bridgehead atoms. The molecule has 0 radical (unpaired) electrons. The van der Waals surface area contributed by atoms with Crippen molar-refractivity contribution in [3.8, 4) is 0 Å². The third-order valence-corrected chi connectivity index (χ3v) is 4.13. The monoisotopic (exact) mass is 284 g/mol. The average molecular weight is 284 g/mol. The first-order valence-corrected chi connectivity index (χ1v) is 6.90. The number of amides is 2. The maximum absolute atomic E-state index is 12.0. The quantitative estimate of drug-likeness (QED) is 0.765. The van der Waals surface area contributed by atoms with Crippen LogP contribution in [0, 0.1) is 6.92 Å². The van der Waals surface area contributed by atoms with Gasteiger partial charge in [-0.3, -0.25) is 0 Å². The van der Waals surface area contributed by atoms with Gasteiger partial charge in [0.2, 0.25) is 0 Å². The fraction of sp³-hybridized carbons (Fsp3) is 0.500. The molecule has 3 N–H and O–H groups in total. The number of β-amino-alcohol motifs (C(OH)–C–C–N with tert-alkyl or cyclic N) is 1. The van der Waals surface area contributed by atoms with Gasteiger partial charge in [0.05, 0.1) is 6.10 Å². The van der Waals surface area contributed by atoms with Crippen LogP contribution in [0.3, 0.4) is 0 Å². The summed E-state index contributed by atoms with van der Waals surface area (Å²) in [5.41, 5.74) is 2.12. The second-order valence-corrected chi connectivity index (χ2v) is 5.38. The summed E-state index contributed by atoms with van der Waals surface area (Å²) in [5, 5.41) is 25.1. The van der Waals surface area contributed by atoms with Gasteiger partial charge in [-0.15, -0.1) is 0 Å². The van der Waals surface area contributed by atoms with Crippen molar-refractivity contribution in [2.75, 3.05) is 6.54 Å². The second kappa shape index (κ2) is 5.58. The lowest BCUT2D eigenvalue weighted by molar-refractivity contribution is -0.141. The molecule has 1 aromatic rings. The van der Waals surface area contributed by atoms with E-state index in [0.29, 0.717) is 6.54 Å². The summed E-state index contributed by atoms with van der Waals surface area (Å²) < 4.78 is 0. The Hall–Kier alpha value is -1.60. The van der Waals surface area contributed by atoms with Gasteiger partial charge in [-0.2, -0.15) is 11.3 Å². The molecule has 1 aromatic heterocycles. The number of carbonyl (C=O) groups excluding carboxylic acids is 1. The minimum atomic E-state index is -1.08. The number of hydrogen-bond donors (Lipinski definition) is 3. The van der Waals surface area contributed by atoms with Gasteiger partial charge < -0.3 is 20.4 Å². The van der Waals surface area contributed by atoms with Crippen molar-refractivity contribution in [2.24, 2.45) is 0 Å². The molecule has 6 nitrogen and oxygen atoms in total. The highest BCUT2D eigenvalue weighted by molar-refractivity contribution is 7.08. The van der Waals surface area contributed by atoms with Crippen molar-refractivity contribution in [2.45, 2.75) is 32.0 Å². The van der Waals surface area contributed by atoms with Gasteiger partial charge >= 0.3 is 12.0 Å². The van der Waals surface area contributed by atoms with E-state index in [0.717, 1.165) is 11.1 Å². The molecule has 2 heterocycles. The Morgan fingerprint density at radius 3 is 2.84 bits per heavy atom. The highest BCUT2D eigenvalue weighted by Crippen LogP contribution is 2.19. The van der Waals surface area contributed by atoms with Gasteiger partial charge in [-0.25, -0.2) is 9.59 Å². The molecule has 1 aliphatic heterocycles. The molecule has 0 aliphatic carbocycles. The molecule has 7 heteroatoms. The van der Waals surface area contributed by atoms with Crippen LogP contribution >= 0.6 is 11.3 Å². The van der Waals surface area contributed by atoms with E-state index in [1.807, 2.05) is 17.7 Å². The highest BCUT2D eigenvalue weighted by Gasteiger charge is 2.38. The number of hydrogen-bond acceptors (Lipinski definition) is 4. The Labute approximate surface area is 114 Å². The summed E-state index contributed by atoms with van der Waals surface area (Å²) in [6.45, 7) is 2.39.